The molecule has 0 aromatic heterocycles. The van der Waals surface area contributed by atoms with Gasteiger partial charge in [0.2, 0.25) is 5.91 Å². The molecule has 1 aliphatic carbocycles. The molecule has 0 unspecified atom stereocenters. The summed E-state index contributed by atoms with van der Waals surface area (Å²) in [6, 6.07) is 0.0716. The maximum absolute atomic E-state index is 12.4. The third kappa shape index (κ3) is 4.98. The van der Waals surface area contributed by atoms with Crippen LogP contribution < -0.4 is 5.32 Å². The minimum Gasteiger partial charge on any atom is -0.354 e. The molecule has 3 fully saturated rings. The van der Waals surface area contributed by atoms with Crippen LogP contribution >= 0.6 is 0 Å². The standard InChI is InChI=1S/C19H35N3O3S/c1-21(17-8-14-26(24,25)15-17)13-7-18(23)20-16-19(9-3-4-10-19)22-11-5-2-6-12-22/h17H,2-16H2,1H3,(H,20,23)/t17-/m1/s1. The number of piperidine rings is 1. The lowest BCUT2D eigenvalue weighted by Crippen LogP contribution is -2.55. The Kier molecular flexibility index (Phi) is 6.62. The van der Waals surface area contributed by atoms with Crippen LogP contribution in [0.5, 0.6) is 0 Å². The molecule has 1 saturated carbocycles. The zero-order valence-corrected chi connectivity index (χ0v) is 17.0. The lowest BCUT2D eigenvalue weighted by atomic mass is 9.92. The summed E-state index contributed by atoms with van der Waals surface area (Å²) in [4.78, 5) is 17.1. The van der Waals surface area contributed by atoms with Gasteiger partial charge in [-0.15, -0.1) is 0 Å². The van der Waals surface area contributed by atoms with Gasteiger partial charge in [0.05, 0.1) is 11.5 Å². The number of hydrogen-bond acceptors (Lipinski definition) is 5. The quantitative estimate of drug-likeness (QED) is 0.718. The fourth-order valence-corrected chi connectivity index (χ4v) is 6.75. The van der Waals surface area contributed by atoms with E-state index in [9.17, 15) is 13.2 Å². The number of nitrogens with one attached hydrogen (secondary N) is 1. The molecule has 7 heteroatoms. The molecule has 2 saturated heterocycles. The molecule has 0 aromatic carbocycles. The highest BCUT2D eigenvalue weighted by Crippen LogP contribution is 2.36. The van der Waals surface area contributed by atoms with E-state index in [0.717, 1.165) is 6.54 Å². The van der Waals surface area contributed by atoms with Crippen LogP contribution in [0.2, 0.25) is 0 Å². The molecule has 150 valence electrons. The van der Waals surface area contributed by atoms with Crippen LogP contribution in [0.1, 0.15) is 57.8 Å². The summed E-state index contributed by atoms with van der Waals surface area (Å²) in [6.45, 7) is 3.75. The third-order valence-electron chi connectivity index (χ3n) is 6.70. The fourth-order valence-electron chi connectivity index (χ4n) is 4.94. The van der Waals surface area contributed by atoms with Crippen molar-refractivity contribution >= 4 is 15.7 Å². The van der Waals surface area contributed by atoms with Crippen LogP contribution in [-0.4, -0.2) is 80.4 Å². The van der Waals surface area contributed by atoms with Crippen molar-refractivity contribution in [2.75, 3.05) is 44.7 Å². The maximum Gasteiger partial charge on any atom is 0.221 e. The first-order valence-corrected chi connectivity index (χ1v) is 12.1. The predicted molar refractivity (Wildman–Crippen MR) is 104 cm³/mol. The van der Waals surface area contributed by atoms with E-state index in [0.29, 0.717) is 19.4 Å². The second kappa shape index (κ2) is 8.57. The SMILES string of the molecule is CN(CCC(=O)NCC1(N2CCCCC2)CCCC1)[C@@H]1CCS(=O)(=O)C1. The lowest BCUT2D eigenvalue weighted by Gasteiger charge is -2.43. The molecule has 2 aliphatic heterocycles. The van der Waals surface area contributed by atoms with Crippen LogP contribution in [0.3, 0.4) is 0 Å². The van der Waals surface area contributed by atoms with Gasteiger partial charge in [0.15, 0.2) is 9.84 Å². The van der Waals surface area contributed by atoms with Crippen molar-refractivity contribution in [1.82, 2.24) is 15.1 Å². The molecular weight excluding hydrogens is 350 g/mol. The second-order valence-corrected chi connectivity index (χ2v) is 10.8. The molecule has 0 bridgehead atoms. The molecule has 0 spiro atoms. The molecule has 1 N–H and O–H groups in total. The Bertz CT molecular complexity index is 581. The number of carbonyl (C=O) groups is 1. The van der Waals surface area contributed by atoms with Gasteiger partial charge >= 0.3 is 0 Å². The maximum atomic E-state index is 12.4. The minimum absolute atomic E-state index is 0.0716. The lowest BCUT2D eigenvalue weighted by molar-refractivity contribution is -0.122. The Morgan fingerprint density at radius 2 is 1.85 bits per heavy atom. The molecule has 1 amide bonds. The number of nitrogens with zero attached hydrogens (tertiary/aromatic N) is 2. The predicted octanol–water partition coefficient (Wildman–Crippen LogP) is 1.41. The summed E-state index contributed by atoms with van der Waals surface area (Å²) in [5.41, 5.74) is 0.182. The van der Waals surface area contributed by atoms with E-state index in [1.807, 2.05) is 11.9 Å². The molecule has 3 aliphatic rings. The summed E-state index contributed by atoms with van der Waals surface area (Å²) in [5.74, 6) is 0.622. The molecule has 6 nitrogen and oxygen atoms in total. The topological polar surface area (TPSA) is 69.7 Å². The average Bonchev–Trinajstić information content (AvgIpc) is 3.26. The van der Waals surface area contributed by atoms with E-state index in [1.165, 1.54) is 58.0 Å². The van der Waals surface area contributed by atoms with Gasteiger partial charge in [-0.2, -0.15) is 0 Å². The normalized spacial score (nSPS) is 28.5. The van der Waals surface area contributed by atoms with Crippen LogP contribution in [0, 0.1) is 0 Å². The first kappa shape index (κ1) is 20.1. The van der Waals surface area contributed by atoms with E-state index in [4.69, 9.17) is 0 Å². The highest BCUT2D eigenvalue weighted by molar-refractivity contribution is 7.91. The number of likely N-dealkylation sites (tertiary alicyclic amines) is 1. The van der Waals surface area contributed by atoms with Crippen LogP contribution in [0.15, 0.2) is 0 Å². The second-order valence-electron chi connectivity index (χ2n) is 8.54. The van der Waals surface area contributed by atoms with Gasteiger partial charge < -0.3 is 10.2 Å². The Morgan fingerprint density at radius 1 is 1.15 bits per heavy atom. The Hall–Kier alpha value is -0.660. The summed E-state index contributed by atoms with van der Waals surface area (Å²) < 4.78 is 23.2. The van der Waals surface area contributed by atoms with E-state index < -0.39 is 9.84 Å². The third-order valence-corrected chi connectivity index (χ3v) is 8.45. The van der Waals surface area contributed by atoms with Gasteiger partial charge in [-0.25, -0.2) is 8.42 Å². The summed E-state index contributed by atoms with van der Waals surface area (Å²) in [6.07, 6.45) is 9.98. The van der Waals surface area contributed by atoms with Gasteiger partial charge in [0, 0.05) is 31.1 Å². The molecule has 0 aromatic rings. The van der Waals surface area contributed by atoms with Crippen molar-refractivity contribution in [2.45, 2.75) is 69.4 Å². The smallest absolute Gasteiger partial charge is 0.221 e. The van der Waals surface area contributed by atoms with Crippen molar-refractivity contribution in [1.29, 1.82) is 0 Å². The van der Waals surface area contributed by atoms with E-state index >= 15 is 0 Å². The summed E-state index contributed by atoms with van der Waals surface area (Å²) in [7, 11) is -0.933. The molecular formula is C19H35N3O3S. The van der Waals surface area contributed by atoms with Crippen molar-refractivity contribution in [3.63, 3.8) is 0 Å². The monoisotopic (exact) mass is 385 g/mol. The van der Waals surface area contributed by atoms with E-state index in [1.54, 1.807) is 0 Å². The number of carbonyl (C=O) groups excluding carboxylic acids is 1. The number of amides is 1. The molecule has 0 radical (unpaired) electrons. The van der Waals surface area contributed by atoms with Gasteiger partial charge in [0.1, 0.15) is 0 Å². The largest absolute Gasteiger partial charge is 0.354 e. The molecule has 3 rings (SSSR count). The van der Waals surface area contributed by atoms with Gasteiger partial charge in [0.25, 0.3) is 0 Å². The number of rotatable bonds is 7. The minimum atomic E-state index is -2.87. The zero-order valence-electron chi connectivity index (χ0n) is 16.2. The first-order valence-electron chi connectivity index (χ1n) is 10.3. The first-order chi connectivity index (χ1) is 12.4. The molecule has 26 heavy (non-hydrogen) atoms. The fraction of sp³-hybridized carbons (Fsp3) is 0.947. The van der Waals surface area contributed by atoms with Gasteiger partial charge in [-0.05, 0) is 52.2 Å². The molecule has 2 heterocycles. The van der Waals surface area contributed by atoms with Crippen molar-refractivity contribution in [3.05, 3.63) is 0 Å². The Balaban J connectivity index is 1.44. The van der Waals surface area contributed by atoms with Crippen LogP contribution in [0.4, 0.5) is 0 Å². The van der Waals surface area contributed by atoms with Crippen molar-refractivity contribution in [3.8, 4) is 0 Å². The Labute approximate surface area is 158 Å². The zero-order chi connectivity index (χ0) is 18.6. The van der Waals surface area contributed by atoms with Gasteiger partial charge in [-0.1, -0.05) is 19.3 Å². The highest BCUT2D eigenvalue weighted by Gasteiger charge is 2.40. The van der Waals surface area contributed by atoms with E-state index in [2.05, 4.69) is 10.2 Å². The van der Waals surface area contributed by atoms with Gasteiger partial charge in [-0.3, -0.25) is 9.69 Å². The van der Waals surface area contributed by atoms with Crippen LogP contribution in [-0.2, 0) is 14.6 Å². The van der Waals surface area contributed by atoms with Crippen molar-refractivity contribution < 1.29 is 13.2 Å². The number of sulfone groups is 1. The Morgan fingerprint density at radius 3 is 2.46 bits per heavy atom. The van der Waals surface area contributed by atoms with Crippen LogP contribution in [0.25, 0.3) is 0 Å². The molecule has 1 atom stereocenters. The number of hydrogen-bond donors (Lipinski definition) is 1. The summed E-state index contributed by atoms with van der Waals surface area (Å²) in [5, 5.41) is 3.20. The highest BCUT2D eigenvalue weighted by atomic mass is 32.2. The average molecular weight is 386 g/mol. The van der Waals surface area contributed by atoms with E-state index in [-0.39, 0.29) is 29.0 Å². The van der Waals surface area contributed by atoms with Crippen molar-refractivity contribution in [2.24, 2.45) is 0 Å². The summed E-state index contributed by atoms with van der Waals surface area (Å²) >= 11 is 0.